The summed E-state index contributed by atoms with van der Waals surface area (Å²) in [5.74, 6) is 1.01. The van der Waals surface area contributed by atoms with Crippen molar-refractivity contribution in [3.63, 3.8) is 0 Å². The molecular formula is C24H28O5. The lowest BCUT2D eigenvalue weighted by Crippen LogP contribution is -2.39. The van der Waals surface area contributed by atoms with Crippen molar-refractivity contribution in [2.75, 3.05) is 0 Å². The van der Waals surface area contributed by atoms with Gasteiger partial charge in [-0.05, 0) is 37.5 Å². The van der Waals surface area contributed by atoms with Crippen LogP contribution in [-0.2, 0) is 14.9 Å². The third-order valence-corrected chi connectivity index (χ3v) is 5.26. The molecule has 0 bridgehead atoms. The number of hydrogen-bond donors (Lipinski definition) is 0. The van der Waals surface area contributed by atoms with Crippen LogP contribution in [0.4, 0.5) is 0 Å². The summed E-state index contributed by atoms with van der Waals surface area (Å²) in [5.41, 5.74) is 0.0611. The van der Waals surface area contributed by atoms with Crippen LogP contribution < -0.4 is 10.4 Å². The van der Waals surface area contributed by atoms with Crippen molar-refractivity contribution in [3.05, 3.63) is 58.2 Å². The molecule has 29 heavy (non-hydrogen) atoms. The molecule has 0 radical (unpaired) electrons. The van der Waals surface area contributed by atoms with Gasteiger partial charge in [0.05, 0.1) is 0 Å². The van der Waals surface area contributed by atoms with Gasteiger partial charge in [-0.25, -0.2) is 4.79 Å². The first-order valence-electron chi connectivity index (χ1n) is 9.81. The standard InChI is InChI=1S/C24H28O5/c1-8-23(5,6)18-10-16-9-17-11-21(27-15(4)25)24(7,13-14(2)3)29-20(17)12-19(16)28-22(18)26/h8-12,14H,1,13H2,2-7H3. The Morgan fingerprint density at radius 3 is 2.59 bits per heavy atom. The van der Waals surface area contributed by atoms with Crippen LogP contribution in [-0.4, -0.2) is 11.6 Å². The Morgan fingerprint density at radius 2 is 2.00 bits per heavy atom. The Hall–Kier alpha value is -2.82. The highest BCUT2D eigenvalue weighted by atomic mass is 16.6. The molecule has 3 rings (SSSR count). The fraction of sp³-hybridized carbons (Fsp3) is 0.417. The van der Waals surface area contributed by atoms with E-state index in [0.29, 0.717) is 35.0 Å². The van der Waals surface area contributed by atoms with Crippen LogP contribution in [0.5, 0.6) is 5.75 Å². The highest BCUT2D eigenvalue weighted by molar-refractivity contribution is 5.84. The van der Waals surface area contributed by atoms with Gasteiger partial charge in [0, 0.05) is 34.9 Å². The van der Waals surface area contributed by atoms with Crippen LogP contribution in [0.15, 0.2) is 45.8 Å². The Balaban J connectivity index is 2.19. The molecular weight excluding hydrogens is 368 g/mol. The fourth-order valence-electron chi connectivity index (χ4n) is 3.73. The lowest BCUT2D eigenvalue weighted by Gasteiger charge is -2.37. The van der Waals surface area contributed by atoms with Gasteiger partial charge in [-0.3, -0.25) is 4.79 Å². The summed E-state index contributed by atoms with van der Waals surface area (Å²) in [6.45, 7) is 15.1. The smallest absolute Gasteiger partial charge is 0.340 e. The first kappa shape index (κ1) is 20.9. The van der Waals surface area contributed by atoms with E-state index in [4.69, 9.17) is 13.9 Å². The second-order valence-corrected chi connectivity index (χ2v) is 8.83. The average molecular weight is 396 g/mol. The monoisotopic (exact) mass is 396 g/mol. The maximum Gasteiger partial charge on any atom is 0.340 e. The summed E-state index contributed by atoms with van der Waals surface area (Å²) < 4.78 is 17.4. The second-order valence-electron chi connectivity index (χ2n) is 8.83. The maximum atomic E-state index is 12.5. The normalized spacial score (nSPS) is 18.8. The Bertz CT molecular complexity index is 1070. The number of esters is 1. The molecule has 2 aromatic rings. The third-order valence-electron chi connectivity index (χ3n) is 5.26. The number of hydrogen-bond acceptors (Lipinski definition) is 5. The highest BCUT2D eigenvalue weighted by Gasteiger charge is 2.39. The van der Waals surface area contributed by atoms with E-state index in [9.17, 15) is 9.59 Å². The van der Waals surface area contributed by atoms with Crippen molar-refractivity contribution in [2.24, 2.45) is 5.92 Å². The Labute approximate surface area is 171 Å². The predicted octanol–water partition coefficient (Wildman–Crippen LogP) is 5.36. The summed E-state index contributed by atoms with van der Waals surface area (Å²) in [5, 5.41) is 0.766. The van der Waals surface area contributed by atoms with E-state index in [-0.39, 0.29) is 11.6 Å². The van der Waals surface area contributed by atoms with Gasteiger partial charge < -0.3 is 13.9 Å². The molecule has 5 heteroatoms. The quantitative estimate of drug-likeness (QED) is 0.387. The summed E-state index contributed by atoms with van der Waals surface area (Å²) >= 11 is 0. The topological polar surface area (TPSA) is 65.7 Å². The van der Waals surface area contributed by atoms with Gasteiger partial charge in [0.1, 0.15) is 11.3 Å². The molecule has 1 atom stereocenters. The molecule has 0 saturated carbocycles. The SMILES string of the molecule is C=CC(C)(C)c1cc2cc3c(cc2oc1=O)OC(C)(CC(C)C)C(OC(C)=O)=C3. The molecule has 2 heterocycles. The van der Waals surface area contributed by atoms with Crippen LogP contribution in [0.25, 0.3) is 17.0 Å². The zero-order valence-corrected chi connectivity index (χ0v) is 17.9. The molecule has 0 amide bonds. The number of carbonyl (C=O) groups is 1. The van der Waals surface area contributed by atoms with Gasteiger partial charge in [0.2, 0.25) is 0 Å². The van der Waals surface area contributed by atoms with Crippen molar-refractivity contribution in [1.82, 2.24) is 0 Å². The minimum Gasteiger partial charge on any atom is -0.479 e. The van der Waals surface area contributed by atoms with Gasteiger partial charge >= 0.3 is 11.6 Å². The molecule has 1 aromatic heterocycles. The number of carbonyl (C=O) groups excluding carboxylic acids is 1. The molecule has 0 saturated heterocycles. The van der Waals surface area contributed by atoms with E-state index >= 15 is 0 Å². The molecule has 0 aliphatic carbocycles. The van der Waals surface area contributed by atoms with E-state index in [2.05, 4.69) is 20.4 Å². The van der Waals surface area contributed by atoms with Crippen molar-refractivity contribution in [1.29, 1.82) is 0 Å². The number of ether oxygens (including phenoxy) is 2. The lowest BCUT2D eigenvalue weighted by atomic mass is 9.85. The van der Waals surface area contributed by atoms with E-state index < -0.39 is 11.0 Å². The Kier molecular flexibility index (Phi) is 5.20. The summed E-state index contributed by atoms with van der Waals surface area (Å²) in [7, 11) is 0. The van der Waals surface area contributed by atoms with Crippen molar-refractivity contribution < 1.29 is 18.7 Å². The number of benzene rings is 1. The number of fused-ring (bicyclic) bond motifs is 2. The van der Waals surface area contributed by atoms with E-state index in [1.165, 1.54) is 6.92 Å². The Morgan fingerprint density at radius 1 is 1.31 bits per heavy atom. The predicted molar refractivity (Wildman–Crippen MR) is 114 cm³/mol. The molecule has 154 valence electrons. The number of allylic oxidation sites excluding steroid dienone is 1. The van der Waals surface area contributed by atoms with Crippen LogP contribution >= 0.6 is 0 Å². The minimum atomic E-state index is -0.786. The average Bonchev–Trinajstić information content (AvgIpc) is 2.59. The van der Waals surface area contributed by atoms with Crippen LogP contribution in [0.3, 0.4) is 0 Å². The molecule has 0 N–H and O–H groups in total. The molecule has 1 aromatic carbocycles. The summed E-state index contributed by atoms with van der Waals surface area (Å²) in [4.78, 5) is 24.2. The highest BCUT2D eigenvalue weighted by Crippen LogP contribution is 2.41. The molecule has 1 aliphatic heterocycles. The molecule has 1 aliphatic rings. The molecule has 0 spiro atoms. The lowest BCUT2D eigenvalue weighted by molar-refractivity contribution is -0.140. The first-order chi connectivity index (χ1) is 13.4. The van der Waals surface area contributed by atoms with E-state index in [0.717, 1.165) is 10.9 Å². The van der Waals surface area contributed by atoms with Crippen molar-refractivity contribution in [2.45, 2.75) is 59.0 Å². The molecule has 1 unspecified atom stereocenters. The fourth-order valence-corrected chi connectivity index (χ4v) is 3.73. The summed E-state index contributed by atoms with van der Waals surface area (Å²) in [6.07, 6.45) is 4.23. The van der Waals surface area contributed by atoms with Gasteiger partial charge in [0.15, 0.2) is 11.4 Å². The zero-order chi connectivity index (χ0) is 21.6. The van der Waals surface area contributed by atoms with Crippen molar-refractivity contribution in [3.8, 4) is 5.75 Å². The van der Waals surface area contributed by atoms with Crippen LogP contribution in [0, 0.1) is 5.92 Å². The van der Waals surface area contributed by atoms with Gasteiger partial charge in [-0.2, -0.15) is 0 Å². The second kappa shape index (κ2) is 7.21. The zero-order valence-electron chi connectivity index (χ0n) is 17.9. The first-order valence-corrected chi connectivity index (χ1v) is 9.81. The van der Waals surface area contributed by atoms with Gasteiger partial charge in [-0.15, -0.1) is 6.58 Å². The van der Waals surface area contributed by atoms with E-state index in [1.54, 1.807) is 12.1 Å². The molecule has 5 nitrogen and oxygen atoms in total. The van der Waals surface area contributed by atoms with Crippen LogP contribution in [0.1, 0.15) is 59.1 Å². The van der Waals surface area contributed by atoms with Crippen molar-refractivity contribution >= 4 is 23.0 Å². The maximum absolute atomic E-state index is 12.5. The number of rotatable bonds is 5. The van der Waals surface area contributed by atoms with Crippen LogP contribution in [0.2, 0.25) is 0 Å². The van der Waals surface area contributed by atoms with Gasteiger partial charge in [-0.1, -0.05) is 33.8 Å². The minimum absolute atomic E-state index is 0.322. The van der Waals surface area contributed by atoms with E-state index in [1.807, 2.05) is 39.0 Å². The summed E-state index contributed by atoms with van der Waals surface area (Å²) in [6, 6.07) is 5.44. The van der Waals surface area contributed by atoms with Gasteiger partial charge in [0.25, 0.3) is 0 Å². The molecule has 0 fully saturated rings. The third kappa shape index (κ3) is 4.00. The largest absolute Gasteiger partial charge is 0.479 e.